The first-order valence-electron chi connectivity index (χ1n) is 10.8. The van der Waals surface area contributed by atoms with E-state index in [4.69, 9.17) is 16.2 Å². The summed E-state index contributed by atoms with van der Waals surface area (Å²) in [6.45, 7) is 3.18. The lowest BCUT2D eigenvalue weighted by molar-refractivity contribution is -0.137. The summed E-state index contributed by atoms with van der Waals surface area (Å²) in [5.74, 6) is -1.09. The van der Waals surface area contributed by atoms with Crippen molar-refractivity contribution in [3.8, 4) is 6.07 Å². The van der Waals surface area contributed by atoms with Crippen LogP contribution in [0.3, 0.4) is 0 Å². The maximum atomic E-state index is 13.3. The van der Waals surface area contributed by atoms with Crippen molar-refractivity contribution < 1.29 is 22.7 Å². The predicted molar refractivity (Wildman–Crippen MR) is 125 cm³/mol. The van der Waals surface area contributed by atoms with Crippen LogP contribution in [0, 0.1) is 11.3 Å². The molecular weight excluding hydrogens is 483 g/mol. The van der Waals surface area contributed by atoms with Crippen molar-refractivity contribution in [2.24, 2.45) is 5.73 Å². The summed E-state index contributed by atoms with van der Waals surface area (Å²) in [4.78, 5) is 23.5. The molecule has 1 aliphatic heterocycles. The SMILES string of the molecule is CSc1nc(N)nc([C@@](CCCN2CCOCC2)(Nc2cccc(C(F)(F)F)c2)C(N)=O)c1C#N. The van der Waals surface area contributed by atoms with Gasteiger partial charge >= 0.3 is 6.18 Å². The van der Waals surface area contributed by atoms with E-state index in [0.717, 1.165) is 23.9 Å². The molecule has 1 fully saturated rings. The third-order valence-corrected chi connectivity index (χ3v) is 6.38. The van der Waals surface area contributed by atoms with Crippen LogP contribution in [-0.2, 0) is 21.2 Å². The third kappa shape index (κ3) is 6.14. The molecule has 2 aromatic rings. The van der Waals surface area contributed by atoms with Crippen LogP contribution < -0.4 is 16.8 Å². The molecule has 0 saturated carbocycles. The van der Waals surface area contributed by atoms with Crippen LogP contribution in [0.25, 0.3) is 0 Å². The summed E-state index contributed by atoms with van der Waals surface area (Å²) in [5, 5.41) is 13.0. The fraction of sp³-hybridized carbons (Fsp3) is 0.455. The minimum Gasteiger partial charge on any atom is -0.379 e. The van der Waals surface area contributed by atoms with Crippen LogP contribution in [0.2, 0.25) is 0 Å². The lowest BCUT2D eigenvalue weighted by Gasteiger charge is -2.34. The molecule has 2 heterocycles. The smallest absolute Gasteiger partial charge is 0.379 e. The molecule has 5 N–H and O–H groups in total. The number of amides is 1. The highest BCUT2D eigenvalue weighted by molar-refractivity contribution is 7.98. The summed E-state index contributed by atoms with van der Waals surface area (Å²) in [6.07, 6.45) is -2.43. The lowest BCUT2D eigenvalue weighted by atomic mass is 9.85. The summed E-state index contributed by atoms with van der Waals surface area (Å²) < 4.78 is 45.4. The lowest BCUT2D eigenvalue weighted by Crippen LogP contribution is -2.50. The number of morpholine rings is 1. The van der Waals surface area contributed by atoms with Crippen molar-refractivity contribution in [3.05, 3.63) is 41.1 Å². The quantitative estimate of drug-likeness (QED) is 0.343. The number of ether oxygens (including phenoxy) is 1. The number of thioether (sulfide) groups is 1. The Morgan fingerprint density at radius 2 is 2.03 bits per heavy atom. The van der Waals surface area contributed by atoms with Gasteiger partial charge in [-0.15, -0.1) is 11.8 Å². The molecule has 3 rings (SSSR count). The zero-order valence-electron chi connectivity index (χ0n) is 19.1. The Labute approximate surface area is 205 Å². The van der Waals surface area contributed by atoms with Gasteiger partial charge in [-0.1, -0.05) is 6.07 Å². The second-order valence-corrected chi connectivity index (χ2v) is 8.75. The highest BCUT2D eigenvalue weighted by atomic mass is 32.2. The van der Waals surface area contributed by atoms with Crippen LogP contribution in [0.15, 0.2) is 29.3 Å². The first-order chi connectivity index (χ1) is 16.6. The Morgan fingerprint density at radius 3 is 2.63 bits per heavy atom. The number of carbonyl (C=O) groups is 1. The van der Waals surface area contributed by atoms with E-state index in [-0.39, 0.29) is 34.3 Å². The van der Waals surface area contributed by atoms with Gasteiger partial charge in [-0.3, -0.25) is 9.69 Å². The second-order valence-electron chi connectivity index (χ2n) is 7.96. The summed E-state index contributed by atoms with van der Waals surface area (Å²) in [6, 6.07) is 6.42. The van der Waals surface area contributed by atoms with E-state index in [1.165, 1.54) is 12.1 Å². The van der Waals surface area contributed by atoms with Crippen molar-refractivity contribution in [1.82, 2.24) is 14.9 Å². The fourth-order valence-corrected chi connectivity index (χ4v) is 4.50. The molecule has 188 valence electrons. The van der Waals surface area contributed by atoms with Gasteiger partial charge in [-0.2, -0.15) is 18.4 Å². The summed E-state index contributed by atoms with van der Waals surface area (Å²) >= 11 is 1.13. The molecule has 0 spiro atoms. The van der Waals surface area contributed by atoms with E-state index in [2.05, 4.69) is 20.2 Å². The van der Waals surface area contributed by atoms with Gasteiger partial charge in [-0.05, 0) is 43.8 Å². The highest BCUT2D eigenvalue weighted by Gasteiger charge is 2.43. The Balaban J connectivity index is 2.09. The van der Waals surface area contributed by atoms with Gasteiger partial charge in [0.25, 0.3) is 0 Å². The number of halogens is 3. The molecule has 9 nitrogen and oxygen atoms in total. The minimum absolute atomic E-state index is 0.00299. The standard InChI is InChI=1S/C22H26F3N7O2S/c1-35-18-16(13-26)17(29-20(28)30-18)21(19(27)33,6-3-7-32-8-10-34-11-9-32)31-15-5-2-4-14(12-15)22(23,24)25/h2,4-5,12,31H,3,6-11H2,1H3,(H2,27,33)(H2,28,29,30)/t21-/m1/s1. The molecule has 0 radical (unpaired) electrons. The number of nitrogen functional groups attached to an aromatic ring is 1. The van der Waals surface area contributed by atoms with Gasteiger partial charge in [-0.25, -0.2) is 9.97 Å². The number of benzene rings is 1. The van der Waals surface area contributed by atoms with Crippen molar-refractivity contribution in [2.45, 2.75) is 29.6 Å². The highest BCUT2D eigenvalue weighted by Crippen LogP contribution is 2.37. The second kappa shape index (κ2) is 11.1. The Morgan fingerprint density at radius 1 is 1.31 bits per heavy atom. The topological polar surface area (TPSA) is 143 Å². The number of rotatable bonds is 9. The first kappa shape index (κ1) is 26.5. The molecular formula is C22H26F3N7O2S. The van der Waals surface area contributed by atoms with Crippen LogP contribution in [0.4, 0.5) is 24.8 Å². The average molecular weight is 510 g/mol. The molecule has 0 aliphatic carbocycles. The van der Waals surface area contributed by atoms with E-state index in [1.807, 2.05) is 6.07 Å². The third-order valence-electron chi connectivity index (χ3n) is 5.70. The number of hydrogen-bond donors (Lipinski definition) is 3. The summed E-state index contributed by atoms with van der Waals surface area (Å²) in [7, 11) is 0. The molecule has 1 saturated heterocycles. The van der Waals surface area contributed by atoms with Gasteiger partial charge in [0.1, 0.15) is 22.4 Å². The fourth-order valence-electron chi connectivity index (χ4n) is 3.97. The number of alkyl halides is 3. The number of nitriles is 1. The van der Waals surface area contributed by atoms with Gasteiger partial charge < -0.3 is 21.5 Å². The number of primary amides is 1. The molecule has 1 amide bonds. The maximum Gasteiger partial charge on any atom is 0.416 e. The molecule has 0 unspecified atom stereocenters. The molecule has 1 atom stereocenters. The average Bonchev–Trinajstić information content (AvgIpc) is 2.83. The maximum absolute atomic E-state index is 13.3. The van der Waals surface area contributed by atoms with Crippen LogP contribution >= 0.6 is 11.8 Å². The van der Waals surface area contributed by atoms with E-state index < -0.39 is 23.2 Å². The Bertz CT molecular complexity index is 1100. The van der Waals surface area contributed by atoms with Crippen molar-refractivity contribution in [2.75, 3.05) is 50.2 Å². The van der Waals surface area contributed by atoms with Gasteiger partial charge in [0.05, 0.1) is 18.8 Å². The van der Waals surface area contributed by atoms with Gasteiger partial charge in [0.2, 0.25) is 11.9 Å². The molecule has 1 aromatic carbocycles. The van der Waals surface area contributed by atoms with Crippen LogP contribution in [-0.4, -0.2) is 59.9 Å². The molecule has 13 heteroatoms. The molecule has 1 aliphatic rings. The van der Waals surface area contributed by atoms with Crippen molar-refractivity contribution in [1.29, 1.82) is 5.26 Å². The van der Waals surface area contributed by atoms with Crippen molar-refractivity contribution >= 4 is 29.3 Å². The zero-order valence-corrected chi connectivity index (χ0v) is 19.9. The number of aromatic nitrogens is 2. The van der Waals surface area contributed by atoms with E-state index >= 15 is 0 Å². The van der Waals surface area contributed by atoms with Gasteiger partial charge in [0, 0.05) is 18.8 Å². The normalized spacial score (nSPS) is 16.3. The number of nitrogens with zero attached hydrogens (tertiary/aromatic N) is 4. The van der Waals surface area contributed by atoms with Crippen LogP contribution in [0.5, 0.6) is 0 Å². The number of nitrogens with two attached hydrogens (primary N) is 2. The first-order valence-corrected chi connectivity index (χ1v) is 12.0. The van der Waals surface area contributed by atoms with E-state index in [0.29, 0.717) is 39.3 Å². The Hall–Kier alpha value is -3.08. The number of carbonyl (C=O) groups excluding carboxylic acids is 1. The number of anilines is 2. The number of hydrogen-bond acceptors (Lipinski definition) is 9. The molecule has 1 aromatic heterocycles. The summed E-state index contributed by atoms with van der Waals surface area (Å²) in [5.41, 5.74) is 8.96. The predicted octanol–water partition coefficient (Wildman–Crippen LogP) is 2.58. The van der Waals surface area contributed by atoms with Gasteiger partial charge in [0.15, 0.2) is 5.54 Å². The van der Waals surface area contributed by atoms with Crippen LogP contribution in [0.1, 0.15) is 29.7 Å². The minimum atomic E-state index is -4.59. The van der Waals surface area contributed by atoms with E-state index in [1.54, 1.807) is 6.26 Å². The molecule has 35 heavy (non-hydrogen) atoms. The van der Waals surface area contributed by atoms with E-state index in [9.17, 15) is 23.2 Å². The largest absolute Gasteiger partial charge is 0.416 e. The zero-order chi connectivity index (χ0) is 25.6. The Kier molecular flexibility index (Phi) is 8.42. The number of nitrogens with one attached hydrogen (secondary N) is 1. The van der Waals surface area contributed by atoms with Crippen molar-refractivity contribution in [3.63, 3.8) is 0 Å². The molecule has 0 bridgehead atoms. The monoisotopic (exact) mass is 509 g/mol.